The van der Waals surface area contributed by atoms with Crippen LogP contribution in [-0.2, 0) is 10.8 Å². The zero-order valence-electron chi connectivity index (χ0n) is 8.85. The van der Waals surface area contributed by atoms with Crippen LogP contribution in [0.5, 0.6) is 0 Å². The van der Waals surface area contributed by atoms with Gasteiger partial charge in [0.15, 0.2) is 5.16 Å². The van der Waals surface area contributed by atoms with Crippen molar-refractivity contribution in [1.82, 2.24) is 9.97 Å². The Hall–Kier alpha value is -0.330. The second-order valence-corrected chi connectivity index (χ2v) is 6.23. The number of hydrogen-bond donors (Lipinski definition) is 0. The first-order chi connectivity index (χ1) is 7.69. The molecule has 0 radical (unpaired) electrons. The first-order valence-corrected chi connectivity index (χ1v) is 7.96. The normalized spacial score (nSPS) is 17.8. The number of halogens is 1. The third-order valence-electron chi connectivity index (χ3n) is 2.35. The van der Waals surface area contributed by atoms with Crippen LogP contribution in [0.1, 0.15) is 0 Å². The summed E-state index contributed by atoms with van der Waals surface area (Å²) in [6, 6.07) is 1.76. The van der Waals surface area contributed by atoms with Gasteiger partial charge in [-0.15, -0.1) is 0 Å². The van der Waals surface area contributed by atoms with Crippen molar-refractivity contribution >= 4 is 40.0 Å². The van der Waals surface area contributed by atoms with Crippen molar-refractivity contribution in [3.63, 3.8) is 0 Å². The van der Waals surface area contributed by atoms with E-state index >= 15 is 0 Å². The Labute approximate surface area is 106 Å². The molecule has 0 atom stereocenters. The van der Waals surface area contributed by atoms with E-state index < -0.39 is 10.8 Å². The maximum atomic E-state index is 11.3. The molecule has 7 heteroatoms. The smallest absolute Gasteiger partial charge is 0.190 e. The van der Waals surface area contributed by atoms with Crippen molar-refractivity contribution in [3.05, 3.63) is 11.2 Å². The van der Waals surface area contributed by atoms with Crippen molar-refractivity contribution in [2.24, 2.45) is 0 Å². The number of thioether (sulfide) groups is 1. The van der Waals surface area contributed by atoms with E-state index in [4.69, 9.17) is 11.6 Å². The Bertz CT molecular complexity index is 406. The minimum atomic E-state index is -0.670. The number of anilines is 1. The van der Waals surface area contributed by atoms with Gasteiger partial charge in [-0.3, -0.25) is 4.21 Å². The van der Waals surface area contributed by atoms with Gasteiger partial charge in [0.1, 0.15) is 11.0 Å². The van der Waals surface area contributed by atoms with Gasteiger partial charge in [0.25, 0.3) is 0 Å². The first-order valence-electron chi connectivity index (χ1n) is 4.87. The van der Waals surface area contributed by atoms with Crippen LogP contribution in [0.2, 0.25) is 5.15 Å². The molecule has 1 aliphatic heterocycles. The predicted molar refractivity (Wildman–Crippen MR) is 68.9 cm³/mol. The summed E-state index contributed by atoms with van der Waals surface area (Å²) in [5, 5.41) is 1.13. The lowest BCUT2D eigenvalue weighted by Crippen LogP contribution is -2.38. The zero-order valence-corrected chi connectivity index (χ0v) is 11.2. The van der Waals surface area contributed by atoms with E-state index in [2.05, 4.69) is 14.9 Å². The van der Waals surface area contributed by atoms with E-state index in [-0.39, 0.29) is 0 Å². The SMILES string of the molecule is CSc1nc(Cl)cc(N2CCS(=O)CC2)n1. The lowest BCUT2D eigenvalue weighted by molar-refractivity contribution is 0.671. The van der Waals surface area contributed by atoms with Crippen molar-refractivity contribution in [1.29, 1.82) is 0 Å². The maximum absolute atomic E-state index is 11.3. The van der Waals surface area contributed by atoms with Crippen LogP contribution in [0, 0.1) is 0 Å². The minimum Gasteiger partial charge on any atom is -0.355 e. The van der Waals surface area contributed by atoms with Crippen molar-refractivity contribution in [2.45, 2.75) is 5.16 Å². The maximum Gasteiger partial charge on any atom is 0.190 e. The van der Waals surface area contributed by atoms with E-state index in [9.17, 15) is 4.21 Å². The average Bonchev–Trinajstić information content (AvgIpc) is 2.29. The molecular formula is C9H12ClN3OS2. The molecule has 1 aromatic rings. The van der Waals surface area contributed by atoms with Gasteiger partial charge in [0.05, 0.1) is 0 Å². The zero-order chi connectivity index (χ0) is 11.5. The van der Waals surface area contributed by atoms with E-state index in [0.717, 1.165) is 18.9 Å². The highest BCUT2D eigenvalue weighted by Gasteiger charge is 2.17. The Morgan fingerprint density at radius 3 is 2.75 bits per heavy atom. The van der Waals surface area contributed by atoms with Gasteiger partial charge in [-0.25, -0.2) is 9.97 Å². The van der Waals surface area contributed by atoms with Gasteiger partial charge < -0.3 is 4.90 Å². The summed E-state index contributed by atoms with van der Waals surface area (Å²) in [7, 11) is -0.670. The van der Waals surface area contributed by atoms with Crippen molar-refractivity contribution < 1.29 is 4.21 Å². The van der Waals surface area contributed by atoms with Crippen LogP contribution in [0.25, 0.3) is 0 Å². The number of nitrogens with zero attached hydrogens (tertiary/aromatic N) is 3. The predicted octanol–water partition coefficient (Wildman–Crippen LogP) is 1.42. The highest BCUT2D eigenvalue weighted by molar-refractivity contribution is 7.98. The molecule has 0 amide bonds. The third kappa shape index (κ3) is 2.87. The quantitative estimate of drug-likeness (QED) is 0.465. The van der Waals surface area contributed by atoms with Gasteiger partial charge in [-0.2, -0.15) is 0 Å². The minimum absolute atomic E-state index is 0.459. The standard InChI is InChI=1S/C9H12ClN3OS2/c1-15-9-11-7(10)6-8(12-9)13-2-4-16(14)5-3-13/h6H,2-5H2,1H3. The molecule has 1 saturated heterocycles. The van der Waals surface area contributed by atoms with Crippen molar-refractivity contribution in [3.8, 4) is 0 Å². The molecular weight excluding hydrogens is 266 g/mol. The molecule has 1 fully saturated rings. The molecule has 0 N–H and O–H groups in total. The molecule has 0 bridgehead atoms. The molecule has 2 heterocycles. The number of aromatic nitrogens is 2. The van der Waals surface area contributed by atoms with Gasteiger partial charge in [0.2, 0.25) is 0 Å². The molecule has 2 rings (SSSR count). The van der Waals surface area contributed by atoms with Gasteiger partial charge in [-0.05, 0) is 6.26 Å². The number of hydrogen-bond acceptors (Lipinski definition) is 5. The summed E-state index contributed by atoms with van der Waals surface area (Å²) in [5.74, 6) is 2.24. The second kappa shape index (κ2) is 5.33. The van der Waals surface area contributed by atoms with Gasteiger partial charge in [-0.1, -0.05) is 23.4 Å². The third-order valence-corrected chi connectivity index (χ3v) is 4.36. The van der Waals surface area contributed by atoms with E-state index in [0.29, 0.717) is 21.8 Å². The van der Waals surface area contributed by atoms with E-state index in [1.807, 2.05) is 6.26 Å². The molecule has 1 aromatic heterocycles. The fraction of sp³-hybridized carbons (Fsp3) is 0.556. The Kier molecular flexibility index (Phi) is 4.05. The van der Waals surface area contributed by atoms with E-state index in [1.165, 1.54) is 11.8 Å². The Morgan fingerprint density at radius 2 is 2.12 bits per heavy atom. The summed E-state index contributed by atoms with van der Waals surface area (Å²) in [6.07, 6.45) is 1.92. The molecule has 4 nitrogen and oxygen atoms in total. The monoisotopic (exact) mass is 277 g/mol. The Morgan fingerprint density at radius 1 is 1.44 bits per heavy atom. The first kappa shape index (κ1) is 12.1. The molecule has 0 saturated carbocycles. The van der Waals surface area contributed by atoms with Crippen LogP contribution < -0.4 is 4.90 Å². The molecule has 0 aliphatic carbocycles. The van der Waals surface area contributed by atoms with Crippen molar-refractivity contribution in [2.75, 3.05) is 35.8 Å². The fourth-order valence-electron chi connectivity index (χ4n) is 1.51. The number of rotatable bonds is 2. The molecule has 0 spiro atoms. The fourth-order valence-corrected chi connectivity index (χ4v) is 3.16. The summed E-state index contributed by atoms with van der Waals surface area (Å²) >= 11 is 7.39. The van der Waals surface area contributed by atoms with Gasteiger partial charge >= 0.3 is 0 Å². The molecule has 1 aliphatic rings. The summed E-state index contributed by atoms with van der Waals surface area (Å²) in [4.78, 5) is 10.6. The van der Waals surface area contributed by atoms with Crippen LogP contribution >= 0.6 is 23.4 Å². The molecule has 0 aromatic carbocycles. The average molecular weight is 278 g/mol. The largest absolute Gasteiger partial charge is 0.355 e. The van der Waals surface area contributed by atoms with Crippen LogP contribution in [0.4, 0.5) is 5.82 Å². The highest BCUT2D eigenvalue weighted by Crippen LogP contribution is 2.21. The molecule has 0 unspecified atom stereocenters. The van der Waals surface area contributed by atoms with Crippen LogP contribution in [0.15, 0.2) is 11.2 Å². The molecule has 88 valence electrons. The molecule has 16 heavy (non-hydrogen) atoms. The lowest BCUT2D eigenvalue weighted by Gasteiger charge is -2.27. The topological polar surface area (TPSA) is 46.1 Å². The second-order valence-electron chi connectivity index (χ2n) is 3.37. The Balaban J connectivity index is 2.19. The van der Waals surface area contributed by atoms with E-state index in [1.54, 1.807) is 6.07 Å². The summed E-state index contributed by atoms with van der Waals surface area (Å²) < 4.78 is 11.3. The highest BCUT2D eigenvalue weighted by atomic mass is 35.5. The summed E-state index contributed by atoms with van der Waals surface area (Å²) in [6.45, 7) is 1.54. The van der Waals surface area contributed by atoms with Crippen LogP contribution in [-0.4, -0.2) is 45.0 Å². The lowest BCUT2D eigenvalue weighted by atomic mass is 10.4. The van der Waals surface area contributed by atoms with Gasteiger partial charge in [0, 0.05) is 41.5 Å². The summed E-state index contributed by atoms with van der Waals surface area (Å²) in [5.41, 5.74) is 0. The van der Waals surface area contributed by atoms with Crippen LogP contribution in [0.3, 0.4) is 0 Å².